The molecule has 0 aromatic heterocycles. The summed E-state index contributed by atoms with van der Waals surface area (Å²) in [5.41, 5.74) is 8.40. The lowest BCUT2D eigenvalue weighted by molar-refractivity contribution is 0.0989. The Morgan fingerprint density at radius 1 is 1.29 bits per heavy atom. The van der Waals surface area contributed by atoms with Crippen LogP contribution in [0.4, 0.5) is 11.4 Å². The van der Waals surface area contributed by atoms with Crippen LogP contribution in [0.2, 0.25) is 0 Å². The normalized spacial score (nSPS) is 10.4. The Kier molecular flexibility index (Phi) is 4.53. The fraction of sp³-hybridized carbons (Fsp3) is 0.188. The van der Waals surface area contributed by atoms with Crippen molar-refractivity contribution >= 4 is 33.2 Å². The van der Waals surface area contributed by atoms with Crippen molar-refractivity contribution < 1.29 is 9.90 Å². The van der Waals surface area contributed by atoms with Crippen molar-refractivity contribution in [3.8, 4) is 5.75 Å². The number of halogens is 1. The van der Waals surface area contributed by atoms with Gasteiger partial charge in [0.15, 0.2) is 0 Å². The Morgan fingerprint density at radius 2 is 2.00 bits per heavy atom. The van der Waals surface area contributed by atoms with Crippen molar-refractivity contribution in [2.24, 2.45) is 0 Å². The van der Waals surface area contributed by atoms with E-state index in [2.05, 4.69) is 15.9 Å². The number of benzene rings is 2. The van der Waals surface area contributed by atoms with E-state index in [0.717, 1.165) is 10.0 Å². The molecular weight excluding hydrogens is 332 g/mol. The van der Waals surface area contributed by atoms with Gasteiger partial charge in [-0.1, -0.05) is 22.0 Å². The number of carbonyl (C=O) groups is 1. The number of nitrogens with two attached hydrogens (primary N) is 1. The molecule has 3 N–H and O–H groups in total. The van der Waals surface area contributed by atoms with Crippen LogP contribution in [0.25, 0.3) is 0 Å². The van der Waals surface area contributed by atoms with E-state index in [1.54, 1.807) is 41.3 Å². The average molecular weight is 349 g/mol. The van der Waals surface area contributed by atoms with Crippen LogP contribution in [0.1, 0.15) is 22.8 Å². The number of nitrogens with zero attached hydrogens (tertiary/aromatic N) is 1. The van der Waals surface area contributed by atoms with Crippen LogP contribution in [0, 0.1) is 6.92 Å². The van der Waals surface area contributed by atoms with Gasteiger partial charge in [-0.3, -0.25) is 4.79 Å². The second kappa shape index (κ2) is 6.18. The van der Waals surface area contributed by atoms with Crippen LogP contribution in [-0.4, -0.2) is 17.6 Å². The van der Waals surface area contributed by atoms with E-state index < -0.39 is 0 Å². The summed E-state index contributed by atoms with van der Waals surface area (Å²) in [7, 11) is 0. The molecule has 5 heteroatoms. The van der Waals surface area contributed by atoms with Gasteiger partial charge in [0.25, 0.3) is 5.91 Å². The summed E-state index contributed by atoms with van der Waals surface area (Å²) in [6, 6.07) is 10.2. The number of amides is 1. The van der Waals surface area contributed by atoms with Crippen LogP contribution in [-0.2, 0) is 0 Å². The molecule has 4 nitrogen and oxygen atoms in total. The van der Waals surface area contributed by atoms with Crippen LogP contribution < -0.4 is 10.6 Å². The maximum Gasteiger partial charge on any atom is 0.260 e. The standard InChI is InChI=1S/C16H17BrN2O2/c1-3-19(15-9-12(20)6-4-10(15)2)16(21)13-7-5-11(17)8-14(13)18/h4-9,20H,3,18H2,1-2H3. The summed E-state index contributed by atoms with van der Waals surface area (Å²) in [5.74, 6) is -0.0539. The zero-order chi connectivity index (χ0) is 15.6. The number of carbonyl (C=O) groups excluding carboxylic acids is 1. The van der Waals surface area contributed by atoms with E-state index in [1.165, 1.54) is 0 Å². The van der Waals surface area contributed by atoms with Gasteiger partial charge in [0.1, 0.15) is 5.75 Å². The molecule has 0 bridgehead atoms. The van der Waals surface area contributed by atoms with Gasteiger partial charge < -0.3 is 15.7 Å². The SMILES string of the molecule is CCN(C(=O)c1ccc(Br)cc1N)c1cc(O)ccc1C. The third kappa shape index (κ3) is 3.19. The topological polar surface area (TPSA) is 66.6 Å². The predicted octanol–water partition coefficient (Wildman–Crippen LogP) is 3.71. The number of anilines is 2. The fourth-order valence-electron chi connectivity index (χ4n) is 2.19. The highest BCUT2D eigenvalue weighted by Crippen LogP contribution is 2.28. The van der Waals surface area contributed by atoms with Crippen molar-refractivity contribution in [3.05, 3.63) is 52.0 Å². The van der Waals surface area contributed by atoms with Gasteiger partial charge in [-0.2, -0.15) is 0 Å². The molecule has 0 aliphatic heterocycles. The minimum Gasteiger partial charge on any atom is -0.508 e. The first-order valence-electron chi connectivity index (χ1n) is 6.60. The van der Waals surface area contributed by atoms with Crippen molar-refractivity contribution in [1.29, 1.82) is 0 Å². The lowest BCUT2D eigenvalue weighted by atomic mass is 10.1. The zero-order valence-corrected chi connectivity index (χ0v) is 13.5. The summed E-state index contributed by atoms with van der Waals surface area (Å²) < 4.78 is 0.827. The molecule has 0 spiro atoms. The molecule has 21 heavy (non-hydrogen) atoms. The van der Waals surface area contributed by atoms with Crippen molar-refractivity contribution in [2.45, 2.75) is 13.8 Å². The molecule has 0 unspecified atom stereocenters. The molecule has 0 fully saturated rings. The van der Waals surface area contributed by atoms with Gasteiger partial charge in [0.05, 0.1) is 11.3 Å². The highest BCUT2D eigenvalue weighted by Gasteiger charge is 2.20. The molecule has 0 heterocycles. The largest absolute Gasteiger partial charge is 0.508 e. The lowest BCUT2D eigenvalue weighted by Gasteiger charge is -2.24. The quantitative estimate of drug-likeness (QED) is 0.830. The van der Waals surface area contributed by atoms with Crippen LogP contribution in [0.15, 0.2) is 40.9 Å². The second-order valence-electron chi connectivity index (χ2n) is 4.75. The molecule has 0 aliphatic carbocycles. The summed E-state index contributed by atoms with van der Waals surface area (Å²) in [4.78, 5) is 14.3. The zero-order valence-electron chi connectivity index (χ0n) is 11.9. The fourth-order valence-corrected chi connectivity index (χ4v) is 2.56. The first kappa shape index (κ1) is 15.4. The highest BCUT2D eigenvalue weighted by molar-refractivity contribution is 9.10. The molecule has 2 aromatic rings. The summed E-state index contributed by atoms with van der Waals surface area (Å²) in [6.07, 6.45) is 0. The number of aromatic hydroxyl groups is 1. The Hall–Kier alpha value is -2.01. The molecule has 0 saturated carbocycles. The van der Waals surface area contributed by atoms with Crippen molar-refractivity contribution in [2.75, 3.05) is 17.2 Å². The molecule has 110 valence electrons. The summed E-state index contributed by atoms with van der Waals surface area (Å²) in [6.45, 7) is 4.27. The molecule has 1 amide bonds. The highest BCUT2D eigenvalue weighted by atomic mass is 79.9. The molecule has 0 saturated heterocycles. The van der Waals surface area contributed by atoms with Crippen LogP contribution in [0.5, 0.6) is 5.75 Å². The van der Waals surface area contributed by atoms with Gasteiger partial charge in [-0.05, 0) is 43.7 Å². The monoisotopic (exact) mass is 348 g/mol. The lowest BCUT2D eigenvalue weighted by Crippen LogP contribution is -2.31. The number of rotatable bonds is 3. The first-order valence-corrected chi connectivity index (χ1v) is 7.40. The van der Waals surface area contributed by atoms with Gasteiger partial charge in [-0.15, -0.1) is 0 Å². The van der Waals surface area contributed by atoms with E-state index in [9.17, 15) is 9.90 Å². The minimum absolute atomic E-state index is 0.130. The van der Waals surface area contributed by atoms with Crippen molar-refractivity contribution in [3.63, 3.8) is 0 Å². The molecule has 2 rings (SSSR count). The maximum absolute atomic E-state index is 12.7. The predicted molar refractivity (Wildman–Crippen MR) is 88.7 cm³/mol. The van der Waals surface area contributed by atoms with Gasteiger partial charge in [0, 0.05) is 22.8 Å². The van der Waals surface area contributed by atoms with E-state index in [1.807, 2.05) is 13.8 Å². The number of nitrogen functional groups attached to an aromatic ring is 1. The van der Waals surface area contributed by atoms with Crippen LogP contribution in [0.3, 0.4) is 0 Å². The van der Waals surface area contributed by atoms with Gasteiger partial charge >= 0.3 is 0 Å². The maximum atomic E-state index is 12.7. The number of hydrogen-bond donors (Lipinski definition) is 2. The first-order chi connectivity index (χ1) is 9.93. The smallest absolute Gasteiger partial charge is 0.260 e. The Bertz CT molecular complexity index is 686. The average Bonchev–Trinajstić information content (AvgIpc) is 2.43. The van der Waals surface area contributed by atoms with E-state index in [4.69, 9.17) is 5.73 Å². The van der Waals surface area contributed by atoms with Crippen molar-refractivity contribution in [1.82, 2.24) is 0 Å². The third-order valence-corrected chi connectivity index (χ3v) is 3.78. The third-order valence-electron chi connectivity index (χ3n) is 3.29. The van der Waals surface area contributed by atoms with E-state index in [0.29, 0.717) is 23.5 Å². The second-order valence-corrected chi connectivity index (χ2v) is 5.67. The molecule has 0 radical (unpaired) electrons. The van der Waals surface area contributed by atoms with Crippen LogP contribution >= 0.6 is 15.9 Å². The molecule has 0 atom stereocenters. The molecule has 2 aromatic carbocycles. The Labute approximate surface area is 132 Å². The summed E-state index contributed by atoms with van der Waals surface area (Å²) >= 11 is 3.33. The number of hydrogen-bond acceptors (Lipinski definition) is 3. The Morgan fingerprint density at radius 3 is 2.62 bits per heavy atom. The number of phenols is 1. The molecular formula is C16H17BrN2O2. The molecule has 0 aliphatic rings. The van der Waals surface area contributed by atoms with Gasteiger partial charge in [0.2, 0.25) is 0 Å². The summed E-state index contributed by atoms with van der Waals surface area (Å²) in [5, 5.41) is 9.66. The Balaban J connectivity index is 2.45. The number of phenolic OH excluding ortho intramolecular Hbond substituents is 1. The van der Waals surface area contributed by atoms with E-state index >= 15 is 0 Å². The number of aryl methyl sites for hydroxylation is 1. The van der Waals surface area contributed by atoms with E-state index in [-0.39, 0.29) is 11.7 Å². The minimum atomic E-state index is -0.184. The van der Waals surface area contributed by atoms with Gasteiger partial charge in [-0.25, -0.2) is 0 Å².